The first-order valence-electron chi connectivity index (χ1n) is 7.29. The molecule has 5 heteroatoms. The molecule has 0 spiro atoms. The van der Waals surface area contributed by atoms with E-state index in [0.29, 0.717) is 22.4 Å². The van der Waals surface area contributed by atoms with Crippen molar-refractivity contribution < 1.29 is 4.79 Å². The summed E-state index contributed by atoms with van der Waals surface area (Å²) in [6.07, 6.45) is 2.63. The molecule has 2 N–H and O–H groups in total. The Morgan fingerprint density at radius 2 is 2.09 bits per heavy atom. The van der Waals surface area contributed by atoms with Crippen molar-refractivity contribution >= 4 is 28.9 Å². The van der Waals surface area contributed by atoms with Gasteiger partial charge in [0.2, 0.25) is 0 Å². The number of hydrogen-bond acceptors (Lipinski definition) is 3. The van der Waals surface area contributed by atoms with E-state index in [1.165, 1.54) is 0 Å². The van der Waals surface area contributed by atoms with Gasteiger partial charge in [0.15, 0.2) is 0 Å². The van der Waals surface area contributed by atoms with Gasteiger partial charge in [0.1, 0.15) is 5.69 Å². The number of nitrogens with one attached hydrogen (secondary N) is 2. The zero-order valence-corrected chi connectivity index (χ0v) is 13.7. The quantitative estimate of drug-likeness (QED) is 0.853. The lowest BCUT2D eigenvalue weighted by molar-refractivity contribution is 0.102. The van der Waals surface area contributed by atoms with Crippen LogP contribution in [0.4, 0.5) is 11.4 Å². The zero-order valence-electron chi connectivity index (χ0n) is 13.0. The van der Waals surface area contributed by atoms with Gasteiger partial charge in [0.25, 0.3) is 5.91 Å². The second-order valence-electron chi connectivity index (χ2n) is 5.30. The van der Waals surface area contributed by atoms with Crippen molar-refractivity contribution in [1.29, 1.82) is 0 Å². The summed E-state index contributed by atoms with van der Waals surface area (Å²) < 4.78 is 0. The van der Waals surface area contributed by atoms with Crippen LogP contribution < -0.4 is 10.6 Å². The molecule has 0 saturated heterocycles. The molecule has 116 valence electrons. The highest BCUT2D eigenvalue weighted by Gasteiger charge is 2.11. The van der Waals surface area contributed by atoms with Gasteiger partial charge in [-0.2, -0.15) is 0 Å². The van der Waals surface area contributed by atoms with Crippen molar-refractivity contribution in [1.82, 2.24) is 4.98 Å². The van der Waals surface area contributed by atoms with Crippen LogP contribution in [-0.2, 0) is 0 Å². The number of carbonyl (C=O) groups excluding carboxylic acids is 1. The van der Waals surface area contributed by atoms with Crippen molar-refractivity contribution in [3.63, 3.8) is 0 Å². The molecule has 0 aliphatic heterocycles. The fraction of sp³-hybridized carbons (Fsp3) is 0.294. The highest BCUT2D eigenvalue weighted by Crippen LogP contribution is 2.21. The molecule has 1 atom stereocenters. The number of aryl methyl sites for hydroxylation is 1. The van der Waals surface area contributed by atoms with Crippen molar-refractivity contribution in [2.75, 3.05) is 10.6 Å². The summed E-state index contributed by atoms with van der Waals surface area (Å²) in [7, 11) is 0. The minimum Gasteiger partial charge on any atom is -0.382 e. The van der Waals surface area contributed by atoms with Gasteiger partial charge in [-0.25, -0.2) is 0 Å². The van der Waals surface area contributed by atoms with Crippen molar-refractivity contribution in [2.45, 2.75) is 33.2 Å². The maximum Gasteiger partial charge on any atom is 0.274 e. The molecule has 2 rings (SSSR count). The Labute approximate surface area is 135 Å². The first-order chi connectivity index (χ1) is 10.5. The van der Waals surface area contributed by atoms with Gasteiger partial charge in [0, 0.05) is 28.6 Å². The van der Waals surface area contributed by atoms with E-state index in [1.54, 1.807) is 24.4 Å². The molecule has 1 heterocycles. The number of rotatable bonds is 5. The van der Waals surface area contributed by atoms with Crippen LogP contribution in [0.15, 0.2) is 36.5 Å². The summed E-state index contributed by atoms with van der Waals surface area (Å²) in [6.45, 7) is 6.12. The predicted octanol–water partition coefficient (Wildman–Crippen LogP) is 4.51. The molecule has 0 fully saturated rings. The third-order valence-corrected chi connectivity index (χ3v) is 3.70. The molecule has 0 saturated carbocycles. The fourth-order valence-corrected chi connectivity index (χ4v) is 2.12. The Hall–Kier alpha value is -2.07. The van der Waals surface area contributed by atoms with E-state index in [1.807, 2.05) is 19.1 Å². The number of halogens is 1. The lowest BCUT2D eigenvalue weighted by atomic mass is 10.2. The van der Waals surface area contributed by atoms with Gasteiger partial charge in [-0.3, -0.25) is 9.78 Å². The average Bonchev–Trinajstić information content (AvgIpc) is 2.51. The summed E-state index contributed by atoms with van der Waals surface area (Å²) in [5.74, 6) is -0.252. The molecule has 0 bridgehead atoms. The highest BCUT2D eigenvalue weighted by atomic mass is 35.5. The molecular formula is C17H20ClN3O. The molecule has 1 aromatic heterocycles. The smallest absolute Gasteiger partial charge is 0.274 e. The maximum absolute atomic E-state index is 12.3. The lowest BCUT2D eigenvalue weighted by Crippen LogP contribution is -2.17. The third-order valence-electron chi connectivity index (χ3n) is 3.47. The normalized spacial score (nSPS) is 11.8. The molecule has 1 unspecified atom stereocenters. The van der Waals surface area contributed by atoms with Gasteiger partial charge >= 0.3 is 0 Å². The standard InChI is InChI=1S/C17H20ClN3O/c1-4-12(3)20-14-7-8-19-16(10-14)17(22)21-15-9-13(18)6-5-11(15)2/h5-10,12H,4H2,1-3H3,(H,19,20)(H,21,22). The summed E-state index contributed by atoms with van der Waals surface area (Å²) >= 11 is 5.97. The monoisotopic (exact) mass is 317 g/mol. The van der Waals surface area contributed by atoms with Gasteiger partial charge in [-0.05, 0) is 50.1 Å². The fourth-order valence-electron chi connectivity index (χ4n) is 1.95. The van der Waals surface area contributed by atoms with Crippen LogP contribution in [-0.4, -0.2) is 16.9 Å². The van der Waals surface area contributed by atoms with Crippen LogP contribution in [0.25, 0.3) is 0 Å². The number of aromatic nitrogens is 1. The number of benzene rings is 1. The van der Waals surface area contributed by atoms with E-state index < -0.39 is 0 Å². The van der Waals surface area contributed by atoms with E-state index >= 15 is 0 Å². The molecule has 0 aliphatic rings. The van der Waals surface area contributed by atoms with Crippen LogP contribution >= 0.6 is 11.6 Å². The number of carbonyl (C=O) groups is 1. The summed E-state index contributed by atoms with van der Waals surface area (Å²) in [4.78, 5) is 16.5. The van der Waals surface area contributed by atoms with Gasteiger partial charge in [0.05, 0.1) is 0 Å². The number of nitrogens with zero attached hydrogens (tertiary/aromatic N) is 1. The average molecular weight is 318 g/mol. The van der Waals surface area contributed by atoms with Crippen LogP contribution in [0.5, 0.6) is 0 Å². The first-order valence-corrected chi connectivity index (χ1v) is 7.67. The van der Waals surface area contributed by atoms with Gasteiger partial charge in [-0.1, -0.05) is 24.6 Å². The molecule has 22 heavy (non-hydrogen) atoms. The van der Waals surface area contributed by atoms with E-state index in [-0.39, 0.29) is 5.91 Å². The predicted molar refractivity (Wildman–Crippen MR) is 91.8 cm³/mol. The molecule has 0 radical (unpaired) electrons. The molecule has 4 nitrogen and oxygen atoms in total. The summed E-state index contributed by atoms with van der Waals surface area (Å²) in [6, 6.07) is 9.34. The zero-order chi connectivity index (χ0) is 16.1. The second kappa shape index (κ2) is 7.27. The van der Waals surface area contributed by atoms with E-state index in [2.05, 4.69) is 29.5 Å². The number of hydrogen-bond donors (Lipinski definition) is 2. The van der Waals surface area contributed by atoms with E-state index in [4.69, 9.17) is 11.6 Å². The van der Waals surface area contributed by atoms with Crippen molar-refractivity contribution in [2.24, 2.45) is 0 Å². The maximum atomic E-state index is 12.3. The molecular weight excluding hydrogens is 298 g/mol. The Morgan fingerprint density at radius 1 is 1.32 bits per heavy atom. The highest BCUT2D eigenvalue weighted by molar-refractivity contribution is 6.31. The molecule has 1 aromatic carbocycles. The molecule has 0 aliphatic carbocycles. The number of pyridine rings is 1. The Bertz CT molecular complexity index is 673. The van der Waals surface area contributed by atoms with Gasteiger partial charge in [-0.15, -0.1) is 0 Å². The minimum absolute atomic E-state index is 0.252. The lowest BCUT2D eigenvalue weighted by Gasteiger charge is -2.13. The number of amides is 1. The van der Waals surface area contributed by atoms with Crippen LogP contribution in [0.2, 0.25) is 5.02 Å². The van der Waals surface area contributed by atoms with Gasteiger partial charge < -0.3 is 10.6 Å². The number of anilines is 2. The Kier molecular flexibility index (Phi) is 5.39. The van der Waals surface area contributed by atoms with E-state index in [9.17, 15) is 4.79 Å². The largest absolute Gasteiger partial charge is 0.382 e. The molecule has 2 aromatic rings. The Morgan fingerprint density at radius 3 is 2.82 bits per heavy atom. The summed E-state index contributed by atoms with van der Waals surface area (Å²) in [5, 5.41) is 6.76. The van der Waals surface area contributed by atoms with Crippen LogP contribution in [0.3, 0.4) is 0 Å². The van der Waals surface area contributed by atoms with E-state index in [0.717, 1.165) is 17.7 Å². The Balaban J connectivity index is 2.15. The SMILES string of the molecule is CCC(C)Nc1ccnc(C(=O)Nc2cc(Cl)ccc2C)c1. The van der Waals surface area contributed by atoms with Crippen molar-refractivity contribution in [3.05, 3.63) is 52.8 Å². The second-order valence-corrected chi connectivity index (χ2v) is 5.73. The van der Waals surface area contributed by atoms with Crippen LogP contribution in [0.1, 0.15) is 36.3 Å². The topological polar surface area (TPSA) is 54.0 Å². The van der Waals surface area contributed by atoms with Crippen LogP contribution in [0, 0.1) is 6.92 Å². The first kappa shape index (κ1) is 16.3. The summed E-state index contributed by atoms with van der Waals surface area (Å²) in [5.41, 5.74) is 2.90. The minimum atomic E-state index is -0.252. The van der Waals surface area contributed by atoms with Crippen molar-refractivity contribution in [3.8, 4) is 0 Å². The molecule has 1 amide bonds. The third kappa shape index (κ3) is 4.21.